The van der Waals surface area contributed by atoms with E-state index in [9.17, 15) is 8.42 Å². The third-order valence-electron chi connectivity index (χ3n) is 2.83. The van der Waals surface area contributed by atoms with Crippen molar-refractivity contribution in [1.29, 1.82) is 0 Å². The maximum absolute atomic E-state index is 11.9. The number of hydrogen-bond acceptors (Lipinski definition) is 4. The monoisotopic (exact) mass is 243 g/mol. The zero-order valence-corrected chi connectivity index (χ0v) is 10.0. The lowest BCUT2D eigenvalue weighted by Crippen LogP contribution is -2.34. The van der Waals surface area contributed by atoms with Gasteiger partial charge in [-0.3, -0.25) is 0 Å². The van der Waals surface area contributed by atoms with E-state index in [0.29, 0.717) is 5.76 Å². The lowest BCUT2D eigenvalue weighted by Gasteiger charge is -2.22. The van der Waals surface area contributed by atoms with Crippen molar-refractivity contribution in [3.8, 4) is 0 Å². The second kappa shape index (κ2) is 5.01. The summed E-state index contributed by atoms with van der Waals surface area (Å²) in [4.78, 5) is 0. The quantitative estimate of drug-likeness (QED) is 0.863. The van der Waals surface area contributed by atoms with E-state index < -0.39 is 9.84 Å². The molecule has 1 aromatic heterocycles. The minimum atomic E-state index is -3.04. The van der Waals surface area contributed by atoms with Gasteiger partial charge in [0.25, 0.3) is 0 Å². The number of nitrogens with one attached hydrogen (secondary N) is 1. The van der Waals surface area contributed by atoms with Crippen LogP contribution in [0.3, 0.4) is 0 Å². The van der Waals surface area contributed by atoms with Crippen LogP contribution in [0.4, 0.5) is 0 Å². The van der Waals surface area contributed by atoms with E-state index in [4.69, 9.17) is 4.42 Å². The molecule has 5 heteroatoms. The normalized spacial score (nSPS) is 22.1. The molecular formula is C11H17NO3S. The molecule has 0 bridgehead atoms. The van der Waals surface area contributed by atoms with Gasteiger partial charge in [-0.15, -0.1) is 0 Å². The molecule has 1 aliphatic heterocycles. The molecule has 1 aromatic rings. The van der Waals surface area contributed by atoms with Crippen molar-refractivity contribution in [2.24, 2.45) is 5.92 Å². The Morgan fingerprint density at radius 3 is 3.00 bits per heavy atom. The highest BCUT2D eigenvalue weighted by Crippen LogP contribution is 2.15. The van der Waals surface area contributed by atoms with Gasteiger partial charge in [0.15, 0.2) is 9.84 Å². The lowest BCUT2D eigenvalue weighted by molar-refractivity contribution is 0.403. The molecule has 0 radical (unpaired) electrons. The lowest BCUT2D eigenvalue weighted by atomic mass is 10.0. The van der Waals surface area contributed by atoms with Crippen LogP contribution in [0.25, 0.3) is 0 Å². The van der Waals surface area contributed by atoms with Crippen LogP contribution in [0.5, 0.6) is 0 Å². The van der Waals surface area contributed by atoms with Crippen LogP contribution in [0, 0.1) is 5.92 Å². The molecule has 0 amide bonds. The third-order valence-corrected chi connectivity index (χ3v) is 4.53. The first kappa shape index (κ1) is 11.7. The van der Waals surface area contributed by atoms with Gasteiger partial charge in [-0.2, -0.15) is 0 Å². The molecule has 1 fully saturated rings. The molecule has 4 nitrogen and oxygen atoms in total. The van der Waals surface area contributed by atoms with Crippen LogP contribution >= 0.6 is 0 Å². The standard InChI is InChI=1S/C11H17NO3S/c13-16(14,9-11-4-2-6-15-11)8-10-3-1-5-12-7-10/h2,4,6,10,12H,1,3,5,7-9H2. The highest BCUT2D eigenvalue weighted by molar-refractivity contribution is 7.90. The zero-order chi connectivity index (χ0) is 11.4. The number of sulfone groups is 1. The summed E-state index contributed by atoms with van der Waals surface area (Å²) >= 11 is 0. The number of hydrogen-bond donors (Lipinski definition) is 1. The molecule has 2 heterocycles. The zero-order valence-electron chi connectivity index (χ0n) is 9.19. The molecule has 1 atom stereocenters. The molecule has 0 spiro atoms. The molecule has 0 aromatic carbocycles. The van der Waals surface area contributed by atoms with Crippen molar-refractivity contribution in [2.45, 2.75) is 18.6 Å². The Morgan fingerprint density at radius 2 is 2.38 bits per heavy atom. The summed E-state index contributed by atoms with van der Waals surface area (Å²) in [7, 11) is -3.04. The highest BCUT2D eigenvalue weighted by Gasteiger charge is 2.22. The SMILES string of the molecule is O=S(=O)(Cc1ccco1)CC1CCCNC1. The maximum Gasteiger partial charge on any atom is 0.157 e. The van der Waals surface area contributed by atoms with Crippen LogP contribution in [0.1, 0.15) is 18.6 Å². The van der Waals surface area contributed by atoms with Crippen LogP contribution in [-0.2, 0) is 15.6 Å². The minimum Gasteiger partial charge on any atom is -0.468 e. The Kier molecular flexibility index (Phi) is 3.66. The predicted octanol–water partition coefficient (Wildman–Crippen LogP) is 1.19. The summed E-state index contributed by atoms with van der Waals surface area (Å²) in [6, 6.07) is 3.42. The highest BCUT2D eigenvalue weighted by atomic mass is 32.2. The topological polar surface area (TPSA) is 59.3 Å². The van der Waals surface area contributed by atoms with Gasteiger partial charge in [-0.25, -0.2) is 8.42 Å². The Hall–Kier alpha value is -0.810. The van der Waals surface area contributed by atoms with Crippen LogP contribution in [0.2, 0.25) is 0 Å². The fraction of sp³-hybridized carbons (Fsp3) is 0.636. The average molecular weight is 243 g/mol. The van der Waals surface area contributed by atoms with E-state index in [1.165, 1.54) is 6.26 Å². The molecule has 1 saturated heterocycles. The van der Waals surface area contributed by atoms with Gasteiger partial charge in [0.2, 0.25) is 0 Å². The van der Waals surface area contributed by atoms with Gasteiger partial charge >= 0.3 is 0 Å². The summed E-state index contributed by atoms with van der Waals surface area (Å²) in [6.45, 7) is 1.83. The molecule has 90 valence electrons. The third kappa shape index (κ3) is 3.35. The van der Waals surface area contributed by atoms with Crippen molar-refractivity contribution >= 4 is 9.84 Å². The summed E-state index contributed by atoms with van der Waals surface area (Å²) in [5, 5.41) is 3.23. The first-order valence-electron chi connectivity index (χ1n) is 5.59. The second-order valence-electron chi connectivity index (χ2n) is 4.35. The van der Waals surface area contributed by atoms with E-state index >= 15 is 0 Å². The van der Waals surface area contributed by atoms with E-state index in [-0.39, 0.29) is 17.4 Å². The van der Waals surface area contributed by atoms with E-state index in [0.717, 1.165) is 25.9 Å². The van der Waals surface area contributed by atoms with E-state index in [1.54, 1.807) is 12.1 Å². The Morgan fingerprint density at radius 1 is 1.50 bits per heavy atom. The van der Waals surface area contributed by atoms with Crippen molar-refractivity contribution in [3.05, 3.63) is 24.2 Å². The molecule has 1 N–H and O–H groups in total. The summed E-state index contributed by atoms with van der Waals surface area (Å²) in [6.07, 6.45) is 3.58. The Bertz CT molecular complexity index is 404. The van der Waals surface area contributed by atoms with Crippen molar-refractivity contribution in [3.63, 3.8) is 0 Å². The predicted molar refractivity (Wildman–Crippen MR) is 61.8 cm³/mol. The van der Waals surface area contributed by atoms with Gasteiger partial charge in [0, 0.05) is 0 Å². The van der Waals surface area contributed by atoms with E-state index in [2.05, 4.69) is 5.32 Å². The largest absolute Gasteiger partial charge is 0.468 e. The van der Waals surface area contributed by atoms with Crippen LogP contribution in [0.15, 0.2) is 22.8 Å². The minimum absolute atomic E-state index is 0.0243. The van der Waals surface area contributed by atoms with Crippen LogP contribution < -0.4 is 5.32 Å². The van der Waals surface area contributed by atoms with E-state index in [1.807, 2.05) is 0 Å². The van der Waals surface area contributed by atoms with Crippen molar-refractivity contribution in [2.75, 3.05) is 18.8 Å². The molecule has 1 aliphatic rings. The molecule has 0 saturated carbocycles. The molecular weight excluding hydrogens is 226 g/mol. The van der Waals surface area contributed by atoms with Crippen LogP contribution in [-0.4, -0.2) is 27.3 Å². The fourth-order valence-corrected chi connectivity index (χ4v) is 3.81. The van der Waals surface area contributed by atoms with Gasteiger partial charge in [0.05, 0.1) is 12.0 Å². The number of rotatable bonds is 4. The van der Waals surface area contributed by atoms with Gasteiger partial charge < -0.3 is 9.73 Å². The van der Waals surface area contributed by atoms with Crippen molar-refractivity contribution < 1.29 is 12.8 Å². The number of piperidine rings is 1. The Labute approximate surface area is 95.9 Å². The molecule has 0 aliphatic carbocycles. The van der Waals surface area contributed by atoms with Gasteiger partial charge in [-0.05, 0) is 44.0 Å². The maximum atomic E-state index is 11.9. The summed E-state index contributed by atoms with van der Waals surface area (Å²) < 4.78 is 28.8. The van der Waals surface area contributed by atoms with Gasteiger partial charge in [-0.1, -0.05) is 0 Å². The van der Waals surface area contributed by atoms with Gasteiger partial charge in [0.1, 0.15) is 11.5 Å². The second-order valence-corrected chi connectivity index (χ2v) is 6.46. The Balaban J connectivity index is 1.92. The molecule has 16 heavy (non-hydrogen) atoms. The fourth-order valence-electron chi connectivity index (χ4n) is 2.10. The smallest absolute Gasteiger partial charge is 0.157 e. The first-order chi connectivity index (χ1) is 7.66. The summed E-state index contributed by atoms with van der Waals surface area (Å²) in [5.74, 6) is 1.08. The number of furan rings is 1. The summed E-state index contributed by atoms with van der Waals surface area (Å²) in [5.41, 5.74) is 0. The first-order valence-corrected chi connectivity index (χ1v) is 7.41. The molecule has 2 rings (SSSR count). The molecule has 1 unspecified atom stereocenters. The van der Waals surface area contributed by atoms with Crippen molar-refractivity contribution in [1.82, 2.24) is 5.32 Å². The average Bonchev–Trinajstić information content (AvgIpc) is 2.70.